The summed E-state index contributed by atoms with van der Waals surface area (Å²) in [6.07, 6.45) is 4.04. The lowest BCUT2D eigenvalue weighted by Crippen LogP contribution is -2.52. The topological polar surface area (TPSA) is 250 Å². The zero-order valence-electron chi connectivity index (χ0n) is 27.2. The molecule has 1 aliphatic rings. The van der Waals surface area contributed by atoms with Crippen molar-refractivity contribution in [2.45, 2.75) is 0 Å². The molecule has 272 valence electrons. The summed E-state index contributed by atoms with van der Waals surface area (Å²) in [5.74, 6) is -3.61. The Morgan fingerprint density at radius 3 is 0.712 bits per heavy atom. The first-order chi connectivity index (χ1) is 24.8. The van der Waals surface area contributed by atoms with E-state index in [0.717, 1.165) is 68.7 Å². The third-order valence-electron chi connectivity index (χ3n) is 8.34. The molecule has 0 aromatic carbocycles. The van der Waals surface area contributed by atoms with Crippen LogP contribution in [0.15, 0.2) is 92.5 Å². The largest absolute Gasteiger partial charge is 0.425 e. The molecular formula is C32H32N8O12. The smallest absolute Gasteiger partial charge is 0.295 e. The first-order valence-electron chi connectivity index (χ1n) is 15.6. The summed E-state index contributed by atoms with van der Waals surface area (Å²) in [5.41, 5.74) is -6.07. The zero-order valence-corrected chi connectivity index (χ0v) is 27.2. The van der Waals surface area contributed by atoms with E-state index in [1.807, 2.05) is 0 Å². The van der Waals surface area contributed by atoms with E-state index in [-0.39, 0.29) is 71.3 Å². The molecule has 0 bridgehead atoms. The summed E-state index contributed by atoms with van der Waals surface area (Å²) < 4.78 is 0.793. The lowest BCUT2D eigenvalue weighted by molar-refractivity contribution is 0.0528. The van der Waals surface area contributed by atoms with Crippen LogP contribution in [0.25, 0.3) is 0 Å². The van der Waals surface area contributed by atoms with Gasteiger partial charge in [0.05, 0.1) is 0 Å². The number of nitrogens with zero attached hydrogens (tertiary/aromatic N) is 8. The Balaban J connectivity index is 1.57. The van der Waals surface area contributed by atoms with E-state index in [1.165, 1.54) is 24.3 Å². The van der Waals surface area contributed by atoms with Crippen LogP contribution < -0.4 is 22.2 Å². The van der Waals surface area contributed by atoms with E-state index in [9.17, 15) is 59.2 Å². The van der Waals surface area contributed by atoms with Crippen molar-refractivity contribution >= 4 is 23.6 Å². The second kappa shape index (κ2) is 15.2. The summed E-state index contributed by atoms with van der Waals surface area (Å²) >= 11 is 0. The Kier molecular flexibility index (Phi) is 10.6. The number of aromatic nitrogens is 4. The van der Waals surface area contributed by atoms with Crippen molar-refractivity contribution in [2.75, 3.05) is 52.4 Å². The minimum atomic E-state index is -1.06. The van der Waals surface area contributed by atoms with Crippen molar-refractivity contribution in [1.29, 1.82) is 0 Å². The summed E-state index contributed by atoms with van der Waals surface area (Å²) in [4.78, 5) is 110. The molecule has 0 aliphatic carbocycles. The molecule has 4 amide bonds. The van der Waals surface area contributed by atoms with Gasteiger partial charge in [-0.05, 0) is 48.5 Å². The molecule has 20 heteroatoms. The highest BCUT2D eigenvalue weighted by Crippen LogP contribution is 2.11. The van der Waals surface area contributed by atoms with E-state index in [4.69, 9.17) is 0 Å². The van der Waals surface area contributed by atoms with E-state index < -0.39 is 68.1 Å². The predicted octanol–water partition coefficient (Wildman–Crippen LogP) is -1.83. The minimum absolute atomic E-state index is 0.198. The zero-order chi connectivity index (χ0) is 37.7. The molecule has 0 atom stereocenters. The van der Waals surface area contributed by atoms with Crippen LogP contribution in [0.4, 0.5) is 0 Å². The van der Waals surface area contributed by atoms with Gasteiger partial charge in [-0.1, -0.05) is 0 Å². The van der Waals surface area contributed by atoms with Crippen LogP contribution in [0.2, 0.25) is 0 Å². The first kappa shape index (κ1) is 36.2. The number of rotatable bonds is 4. The highest BCUT2D eigenvalue weighted by Gasteiger charge is 2.30. The molecule has 0 unspecified atom stereocenters. The number of carbonyl (C=O) groups excluding carboxylic acids is 4. The number of amides is 4. The fourth-order valence-electron chi connectivity index (χ4n) is 5.49. The predicted molar refractivity (Wildman–Crippen MR) is 175 cm³/mol. The monoisotopic (exact) mass is 720 g/mol. The van der Waals surface area contributed by atoms with E-state index in [0.29, 0.717) is 0 Å². The molecule has 4 N–H and O–H groups in total. The second-order valence-electron chi connectivity index (χ2n) is 11.5. The van der Waals surface area contributed by atoms with Gasteiger partial charge in [-0.15, -0.1) is 0 Å². The van der Waals surface area contributed by atoms with Gasteiger partial charge in [0.1, 0.15) is 22.3 Å². The lowest BCUT2D eigenvalue weighted by Gasteiger charge is -2.34. The molecule has 1 fully saturated rings. The van der Waals surface area contributed by atoms with Gasteiger partial charge in [0.15, 0.2) is 0 Å². The van der Waals surface area contributed by atoms with Gasteiger partial charge in [-0.3, -0.25) is 38.4 Å². The molecule has 0 spiro atoms. The van der Waals surface area contributed by atoms with Gasteiger partial charge in [0.25, 0.3) is 45.9 Å². The fourth-order valence-corrected chi connectivity index (χ4v) is 5.49. The Hall–Kier alpha value is -7.12. The van der Waals surface area contributed by atoms with Crippen LogP contribution in [0, 0.1) is 0 Å². The molecule has 5 heterocycles. The SMILES string of the molecule is O=C(c1cccn(O)c1=O)N1CCN(C(=O)c2cccn(O)c2=O)CCN(C(=O)c2cccn(O)c2=O)CCN(C(=O)c2cccn(O)c2=O)CC1. The number of pyridine rings is 4. The summed E-state index contributed by atoms with van der Waals surface area (Å²) in [5, 5.41) is 39.7. The maximum atomic E-state index is 13.8. The van der Waals surface area contributed by atoms with Crippen molar-refractivity contribution in [3.8, 4) is 0 Å². The molecule has 1 saturated heterocycles. The van der Waals surface area contributed by atoms with Gasteiger partial charge >= 0.3 is 0 Å². The van der Waals surface area contributed by atoms with Crippen molar-refractivity contribution in [1.82, 2.24) is 38.5 Å². The summed E-state index contributed by atoms with van der Waals surface area (Å²) in [6, 6.07) is 9.61. The Bertz CT molecular complexity index is 1940. The molecular weight excluding hydrogens is 688 g/mol. The molecule has 0 saturated carbocycles. The van der Waals surface area contributed by atoms with E-state index >= 15 is 0 Å². The van der Waals surface area contributed by atoms with Crippen molar-refractivity contribution in [3.05, 3.63) is 137 Å². The number of hydrogen-bond acceptors (Lipinski definition) is 12. The number of carbonyl (C=O) groups is 4. The molecule has 5 rings (SSSR count). The van der Waals surface area contributed by atoms with Crippen LogP contribution in [0.5, 0.6) is 0 Å². The molecule has 0 radical (unpaired) electrons. The fraction of sp³-hybridized carbons (Fsp3) is 0.250. The van der Waals surface area contributed by atoms with Crippen LogP contribution in [-0.2, 0) is 0 Å². The van der Waals surface area contributed by atoms with Crippen LogP contribution in [-0.4, -0.2) is 135 Å². The second-order valence-corrected chi connectivity index (χ2v) is 11.5. The molecule has 4 aromatic heterocycles. The highest BCUT2D eigenvalue weighted by molar-refractivity contribution is 5.96. The third-order valence-corrected chi connectivity index (χ3v) is 8.34. The van der Waals surface area contributed by atoms with Crippen LogP contribution >= 0.6 is 0 Å². The van der Waals surface area contributed by atoms with E-state index in [1.54, 1.807) is 0 Å². The van der Waals surface area contributed by atoms with Gasteiger partial charge in [0, 0.05) is 77.1 Å². The first-order valence-corrected chi connectivity index (χ1v) is 15.6. The van der Waals surface area contributed by atoms with Crippen molar-refractivity contribution in [2.24, 2.45) is 0 Å². The molecule has 52 heavy (non-hydrogen) atoms. The van der Waals surface area contributed by atoms with Crippen LogP contribution in [0.3, 0.4) is 0 Å². The normalized spacial score (nSPS) is 14.3. The Labute approximate surface area is 291 Å². The van der Waals surface area contributed by atoms with Crippen LogP contribution in [0.1, 0.15) is 41.4 Å². The highest BCUT2D eigenvalue weighted by atomic mass is 16.5. The van der Waals surface area contributed by atoms with Gasteiger partial charge in [0.2, 0.25) is 0 Å². The standard InChI is InChI=1S/C32H32N8O12/c41-25(21-5-1-9-37(49)29(21)45)33-13-15-34(26(42)22-6-2-10-38(50)30(22)46)17-19-36(28(44)24-8-4-12-40(52)32(24)48)20-18-35(16-14-33)27(43)23-7-3-11-39(51)31(23)47/h1-12,49-52H,13-20H2. The summed E-state index contributed by atoms with van der Waals surface area (Å²) in [7, 11) is 0. The maximum Gasteiger partial charge on any atom is 0.295 e. The summed E-state index contributed by atoms with van der Waals surface area (Å²) in [6.45, 7) is -2.64. The van der Waals surface area contributed by atoms with Crippen molar-refractivity contribution in [3.63, 3.8) is 0 Å². The number of hydrogen-bond donors (Lipinski definition) is 4. The maximum absolute atomic E-state index is 13.8. The average Bonchev–Trinajstić information content (AvgIpc) is 3.12. The van der Waals surface area contributed by atoms with Gasteiger partial charge in [-0.25, -0.2) is 0 Å². The lowest BCUT2D eigenvalue weighted by atomic mass is 10.2. The Morgan fingerprint density at radius 1 is 0.365 bits per heavy atom. The van der Waals surface area contributed by atoms with Gasteiger partial charge < -0.3 is 40.4 Å². The quantitative estimate of drug-likeness (QED) is 0.170. The minimum Gasteiger partial charge on any atom is -0.425 e. The molecule has 4 aromatic rings. The molecule has 20 nitrogen and oxygen atoms in total. The van der Waals surface area contributed by atoms with Crippen molar-refractivity contribution < 1.29 is 40.0 Å². The van der Waals surface area contributed by atoms with E-state index in [2.05, 4.69) is 0 Å². The van der Waals surface area contributed by atoms with Gasteiger partial charge in [-0.2, -0.15) is 18.9 Å². The average molecular weight is 721 g/mol. The molecule has 1 aliphatic heterocycles. The third kappa shape index (κ3) is 7.39. The Morgan fingerprint density at radius 2 is 0.538 bits per heavy atom.